The summed E-state index contributed by atoms with van der Waals surface area (Å²) in [6.07, 6.45) is 4.52. The van der Waals surface area contributed by atoms with Crippen molar-refractivity contribution in [3.8, 4) is 0 Å². The van der Waals surface area contributed by atoms with Crippen molar-refractivity contribution in [3.63, 3.8) is 0 Å². The van der Waals surface area contributed by atoms with Crippen LogP contribution in [0.15, 0.2) is 54.9 Å². The van der Waals surface area contributed by atoms with E-state index in [0.717, 1.165) is 29.2 Å². The lowest BCUT2D eigenvalue weighted by Crippen LogP contribution is -1.98. The van der Waals surface area contributed by atoms with E-state index in [-0.39, 0.29) is 0 Å². The first-order valence-corrected chi connectivity index (χ1v) is 7.50. The molecule has 0 bridgehead atoms. The number of nitrogens with zero attached hydrogens (tertiary/aromatic N) is 2. The number of rotatable bonds is 4. The lowest BCUT2D eigenvalue weighted by Gasteiger charge is -2.08. The largest absolute Gasteiger partial charge is 0.342 e. The molecule has 116 valence electrons. The van der Waals surface area contributed by atoms with Crippen LogP contribution in [-0.4, -0.2) is 9.49 Å². The standard InChI is InChI=1S/C19H18N2O2/c1-14-7-8-16(11-15(14)2)12-20-13-17(9-10-21(22)23)18-5-3-4-6-19(18)20/h3-11,13H,12H2,1-2H3/b10-9+. The van der Waals surface area contributed by atoms with Crippen LogP contribution in [0.5, 0.6) is 0 Å². The van der Waals surface area contributed by atoms with Crippen LogP contribution in [0.2, 0.25) is 0 Å². The molecular weight excluding hydrogens is 288 g/mol. The zero-order valence-electron chi connectivity index (χ0n) is 13.2. The van der Waals surface area contributed by atoms with E-state index in [9.17, 15) is 10.1 Å². The van der Waals surface area contributed by atoms with Gasteiger partial charge in [-0.3, -0.25) is 10.1 Å². The molecule has 1 heterocycles. The van der Waals surface area contributed by atoms with E-state index < -0.39 is 4.92 Å². The van der Waals surface area contributed by atoms with Gasteiger partial charge in [0.2, 0.25) is 6.20 Å². The minimum atomic E-state index is -0.435. The van der Waals surface area contributed by atoms with Crippen LogP contribution in [-0.2, 0) is 6.54 Å². The Morgan fingerprint density at radius 2 is 1.91 bits per heavy atom. The van der Waals surface area contributed by atoms with E-state index in [1.807, 2.05) is 30.5 Å². The molecule has 4 nitrogen and oxygen atoms in total. The molecule has 4 heteroatoms. The highest BCUT2D eigenvalue weighted by Crippen LogP contribution is 2.24. The molecule has 3 aromatic rings. The van der Waals surface area contributed by atoms with Crippen molar-refractivity contribution in [1.82, 2.24) is 4.57 Å². The van der Waals surface area contributed by atoms with E-state index in [0.29, 0.717) is 0 Å². The quantitative estimate of drug-likeness (QED) is 0.524. The fourth-order valence-electron chi connectivity index (χ4n) is 2.78. The van der Waals surface area contributed by atoms with Crippen molar-refractivity contribution < 1.29 is 4.92 Å². The summed E-state index contributed by atoms with van der Waals surface area (Å²) in [4.78, 5) is 10.2. The van der Waals surface area contributed by atoms with Gasteiger partial charge in [-0.2, -0.15) is 0 Å². The van der Waals surface area contributed by atoms with E-state index in [1.54, 1.807) is 6.08 Å². The molecule has 1 aromatic heterocycles. The Kier molecular flexibility index (Phi) is 3.98. The van der Waals surface area contributed by atoms with Crippen molar-refractivity contribution in [2.45, 2.75) is 20.4 Å². The number of hydrogen-bond acceptors (Lipinski definition) is 2. The first-order valence-electron chi connectivity index (χ1n) is 7.50. The van der Waals surface area contributed by atoms with E-state index >= 15 is 0 Å². The fraction of sp³-hybridized carbons (Fsp3) is 0.158. The summed E-state index contributed by atoms with van der Waals surface area (Å²) < 4.78 is 2.14. The minimum absolute atomic E-state index is 0.435. The number of para-hydroxylation sites is 1. The van der Waals surface area contributed by atoms with Crippen LogP contribution < -0.4 is 0 Å². The first-order chi connectivity index (χ1) is 11.0. The first kappa shape index (κ1) is 15.0. The molecule has 0 unspecified atom stereocenters. The number of aromatic nitrogens is 1. The average molecular weight is 306 g/mol. The van der Waals surface area contributed by atoms with Crippen molar-refractivity contribution in [2.75, 3.05) is 0 Å². The average Bonchev–Trinajstić information content (AvgIpc) is 2.87. The van der Waals surface area contributed by atoms with E-state index in [1.165, 1.54) is 16.7 Å². The zero-order chi connectivity index (χ0) is 16.4. The van der Waals surface area contributed by atoms with Gasteiger partial charge in [0.25, 0.3) is 0 Å². The molecule has 0 aliphatic carbocycles. The second kappa shape index (κ2) is 6.08. The van der Waals surface area contributed by atoms with Gasteiger partial charge < -0.3 is 4.57 Å². The predicted molar refractivity (Wildman–Crippen MR) is 93.0 cm³/mol. The molecule has 0 atom stereocenters. The summed E-state index contributed by atoms with van der Waals surface area (Å²) in [7, 11) is 0. The van der Waals surface area contributed by atoms with E-state index in [4.69, 9.17) is 0 Å². The molecule has 3 rings (SSSR count). The van der Waals surface area contributed by atoms with Crippen LogP contribution in [0.3, 0.4) is 0 Å². The lowest BCUT2D eigenvalue weighted by molar-refractivity contribution is -0.400. The zero-order valence-corrected chi connectivity index (χ0v) is 13.2. The topological polar surface area (TPSA) is 48.1 Å². The third-order valence-corrected chi connectivity index (χ3v) is 4.12. The lowest BCUT2D eigenvalue weighted by atomic mass is 10.1. The maximum atomic E-state index is 10.6. The van der Waals surface area contributed by atoms with Gasteiger partial charge in [-0.25, -0.2) is 0 Å². The summed E-state index contributed by atoms with van der Waals surface area (Å²) in [5.41, 5.74) is 5.71. The van der Waals surface area contributed by atoms with E-state index in [2.05, 4.69) is 36.6 Å². The predicted octanol–water partition coefficient (Wildman–Crippen LogP) is 4.55. The molecule has 0 radical (unpaired) electrons. The van der Waals surface area contributed by atoms with Gasteiger partial charge in [-0.05, 0) is 36.6 Å². The van der Waals surface area contributed by atoms with Crippen molar-refractivity contribution in [2.24, 2.45) is 0 Å². The Labute approximate surface area is 134 Å². The molecule has 0 aliphatic rings. The molecule has 0 fully saturated rings. The van der Waals surface area contributed by atoms with Gasteiger partial charge >= 0.3 is 0 Å². The van der Waals surface area contributed by atoms with Crippen LogP contribution in [0, 0.1) is 24.0 Å². The van der Waals surface area contributed by atoms with Crippen LogP contribution in [0.4, 0.5) is 0 Å². The number of nitro groups is 1. The molecule has 0 spiro atoms. The normalized spacial score (nSPS) is 11.4. The molecule has 0 saturated heterocycles. The maximum Gasteiger partial charge on any atom is 0.235 e. The van der Waals surface area contributed by atoms with Gasteiger partial charge in [0.05, 0.1) is 4.92 Å². The highest BCUT2D eigenvalue weighted by Gasteiger charge is 2.08. The number of fused-ring (bicyclic) bond motifs is 1. The molecule has 2 aromatic carbocycles. The van der Waals surface area contributed by atoms with Gasteiger partial charge in [0, 0.05) is 35.3 Å². The SMILES string of the molecule is Cc1ccc(Cn2cc(/C=C/[N+](=O)[O-])c3ccccc32)cc1C. The molecule has 23 heavy (non-hydrogen) atoms. The van der Waals surface area contributed by atoms with Gasteiger partial charge in [-0.1, -0.05) is 36.4 Å². The van der Waals surface area contributed by atoms with Crippen LogP contribution >= 0.6 is 0 Å². The van der Waals surface area contributed by atoms with Gasteiger partial charge in [0.1, 0.15) is 0 Å². The van der Waals surface area contributed by atoms with Crippen LogP contribution in [0.25, 0.3) is 17.0 Å². The Hall–Kier alpha value is -2.88. The van der Waals surface area contributed by atoms with Gasteiger partial charge in [0.15, 0.2) is 0 Å². The smallest absolute Gasteiger partial charge is 0.235 e. The second-order valence-electron chi connectivity index (χ2n) is 5.75. The maximum absolute atomic E-state index is 10.6. The third kappa shape index (κ3) is 3.16. The van der Waals surface area contributed by atoms with Crippen molar-refractivity contribution >= 4 is 17.0 Å². The highest BCUT2D eigenvalue weighted by molar-refractivity contribution is 5.89. The molecule has 0 N–H and O–H groups in total. The highest BCUT2D eigenvalue weighted by atomic mass is 16.6. The molecule has 0 saturated carbocycles. The monoisotopic (exact) mass is 306 g/mol. The summed E-state index contributed by atoms with van der Waals surface area (Å²) in [5, 5.41) is 11.6. The Bertz CT molecular complexity index is 907. The molecular formula is C19H18N2O2. The third-order valence-electron chi connectivity index (χ3n) is 4.12. The fourth-order valence-corrected chi connectivity index (χ4v) is 2.78. The van der Waals surface area contributed by atoms with Gasteiger partial charge in [-0.15, -0.1) is 0 Å². The number of benzene rings is 2. The van der Waals surface area contributed by atoms with Crippen LogP contribution in [0.1, 0.15) is 22.3 Å². The summed E-state index contributed by atoms with van der Waals surface area (Å²) in [6, 6.07) is 14.4. The number of hydrogen-bond donors (Lipinski definition) is 0. The summed E-state index contributed by atoms with van der Waals surface area (Å²) >= 11 is 0. The summed E-state index contributed by atoms with van der Waals surface area (Å²) in [6.45, 7) is 4.95. The Morgan fingerprint density at radius 1 is 1.13 bits per heavy atom. The summed E-state index contributed by atoms with van der Waals surface area (Å²) in [5.74, 6) is 0. The van der Waals surface area contributed by atoms with Crippen molar-refractivity contribution in [3.05, 3.63) is 87.2 Å². The van der Waals surface area contributed by atoms with Crippen molar-refractivity contribution in [1.29, 1.82) is 0 Å². The Morgan fingerprint density at radius 3 is 2.65 bits per heavy atom. The second-order valence-corrected chi connectivity index (χ2v) is 5.75. The Balaban J connectivity index is 2.03. The number of aryl methyl sites for hydroxylation is 2. The minimum Gasteiger partial charge on any atom is -0.342 e. The molecule has 0 amide bonds. The molecule has 0 aliphatic heterocycles.